The maximum atomic E-state index is 12.2. The fourth-order valence-electron chi connectivity index (χ4n) is 2.60. The summed E-state index contributed by atoms with van der Waals surface area (Å²) in [6.07, 6.45) is 8.79. The van der Waals surface area contributed by atoms with E-state index in [2.05, 4.69) is 6.07 Å². The van der Waals surface area contributed by atoms with E-state index < -0.39 is 5.92 Å². The minimum atomic E-state index is -0.437. The van der Waals surface area contributed by atoms with Crippen LogP contribution in [0.5, 0.6) is 0 Å². The molecule has 0 aliphatic heterocycles. The SMILES string of the molecule is CCCC(C#N)C(=O)N(C)C1CCCCCC1. The van der Waals surface area contributed by atoms with Gasteiger partial charge in [0.1, 0.15) is 5.92 Å². The number of amides is 1. The van der Waals surface area contributed by atoms with E-state index in [1.807, 2.05) is 18.9 Å². The van der Waals surface area contributed by atoms with E-state index in [9.17, 15) is 4.79 Å². The third-order valence-electron chi connectivity index (χ3n) is 3.75. The molecule has 96 valence electrons. The molecule has 0 heterocycles. The molecule has 1 saturated carbocycles. The molecule has 1 atom stereocenters. The Morgan fingerprint density at radius 3 is 2.41 bits per heavy atom. The average Bonchev–Trinajstić information content (AvgIpc) is 2.63. The standard InChI is InChI=1S/C14H24N2O/c1-3-8-12(11-15)14(17)16(2)13-9-6-4-5-7-10-13/h12-13H,3-10H2,1-2H3. The average molecular weight is 236 g/mol. The number of nitrogens with zero attached hydrogens (tertiary/aromatic N) is 2. The van der Waals surface area contributed by atoms with Gasteiger partial charge in [-0.15, -0.1) is 0 Å². The minimum Gasteiger partial charge on any atom is -0.342 e. The summed E-state index contributed by atoms with van der Waals surface area (Å²) < 4.78 is 0. The number of carbonyl (C=O) groups is 1. The lowest BCUT2D eigenvalue weighted by Crippen LogP contribution is -2.40. The van der Waals surface area contributed by atoms with Crippen molar-refractivity contribution in [3.63, 3.8) is 0 Å². The van der Waals surface area contributed by atoms with Crippen molar-refractivity contribution in [3.05, 3.63) is 0 Å². The van der Waals surface area contributed by atoms with Gasteiger partial charge >= 0.3 is 0 Å². The summed E-state index contributed by atoms with van der Waals surface area (Å²) in [6, 6.07) is 2.51. The van der Waals surface area contributed by atoms with Gasteiger partial charge < -0.3 is 4.90 Å². The Bertz CT molecular complexity index is 274. The van der Waals surface area contributed by atoms with Crippen LogP contribution in [0.2, 0.25) is 0 Å². The Balaban J connectivity index is 2.57. The molecule has 0 aromatic carbocycles. The predicted octanol–water partition coefficient (Wildman–Crippen LogP) is 3.11. The maximum Gasteiger partial charge on any atom is 0.239 e. The summed E-state index contributed by atoms with van der Waals surface area (Å²) in [5, 5.41) is 9.03. The quantitative estimate of drug-likeness (QED) is 0.704. The molecule has 1 unspecified atom stereocenters. The van der Waals surface area contributed by atoms with Gasteiger partial charge in [-0.2, -0.15) is 5.26 Å². The summed E-state index contributed by atoms with van der Waals surface area (Å²) in [7, 11) is 1.87. The molecular formula is C14H24N2O. The van der Waals surface area contributed by atoms with E-state index in [0.717, 1.165) is 19.3 Å². The smallest absolute Gasteiger partial charge is 0.239 e. The van der Waals surface area contributed by atoms with Crippen LogP contribution in [-0.2, 0) is 4.79 Å². The molecule has 1 amide bonds. The molecular weight excluding hydrogens is 212 g/mol. The van der Waals surface area contributed by atoms with Crippen LogP contribution < -0.4 is 0 Å². The highest BCUT2D eigenvalue weighted by Crippen LogP contribution is 2.22. The number of hydrogen-bond donors (Lipinski definition) is 0. The highest BCUT2D eigenvalue weighted by atomic mass is 16.2. The van der Waals surface area contributed by atoms with Crippen LogP contribution in [0.15, 0.2) is 0 Å². The summed E-state index contributed by atoms with van der Waals surface area (Å²) >= 11 is 0. The molecule has 3 nitrogen and oxygen atoms in total. The van der Waals surface area contributed by atoms with E-state index in [1.165, 1.54) is 25.7 Å². The van der Waals surface area contributed by atoms with Crippen molar-refractivity contribution in [2.45, 2.75) is 64.3 Å². The topological polar surface area (TPSA) is 44.1 Å². The Labute approximate surface area is 105 Å². The van der Waals surface area contributed by atoms with Crippen molar-refractivity contribution < 1.29 is 4.79 Å². The first kappa shape index (κ1) is 14.0. The molecule has 0 aromatic heterocycles. The van der Waals surface area contributed by atoms with Gasteiger partial charge in [-0.05, 0) is 19.3 Å². The molecule has 3 heteroatoms. The first-order valence-electron chi connectivity index (χ1n) is 6.87. The van der Waals surface area contributed by atoms with Crippen molar-refractivity contribution >= 4 is 5.91 Å². The third kappa shape index (κ3) is 4.03. The number of hydrogen-bond acceptors (Lipinski definition) is 2. The summed E-state index contributed by atoms with van der Waals surface area (Å²) in [6.45, 7) is 2.02. The fraction of sp³-hybridized carbons (Fsp3) is 0.857. The Morgan fingerprint density at radius 1 is 1.35 bits per heavy atom. The van der Waals surface area contributed by atoms with Gasteiger partial charge in [-0.25, -0.2) is 0 Å². The van der Waals surface area contributed by atoms with Gasteiger partial charge in [-0.3, -0.25) is 4.79 Å². The Hall–Kier alpha value is -1.04. The van der Waals surface area contributed by atoms with Gasteiger partial charge in [0.25, 0.3) is 0 Å². The molecule has 0 aromatic rings. The maximum absolute atomic E-state index is 12.2. The van der Waals surface area contributed by atoms with Gasteiger partial charge in [-0.1, -0.05) is 39.0 Å². The van der Waals surface area contributed by atoms with E-state index >= 15 is 0 Å². The molecule has 1 aliphatic carbocycles. The highest BCUT2D eigenvalue weighted by molar-refractivity contribution is 5.81. The van der Waals surface area contributed by atoms with E-state index in [-0.39, 0.29) is 5.91 Å². The number of carbonyl (C=O) groups excluding carboxylic acids is 1. The third-order valence-corrected chi connectivity index (χ3v) is 3.75. The van der Waals surface area contributed by atoms with Crippen molar-refractivity contribution in [2.24, 2.45) is 5.92 Å². The van der Waals surface area contributed by atoms with Gasteiger partial charge in [0.15, 0.2) is 0 Å². The van der Waals surface area contributed by atoms with Gasteiger partial charge in [0.2, 0.25) is 5.91 Å². The van der Waals surface area contributed by atoms with Gasteiger partial charge in [0.05, 0.1) is 6.07 Å². The lowest BCUT2D eigenvalue weighted by atomic mass is 10.0. The van der Waals surface area contributed by atoms with Crippen LogP contribution in [-0.4, -0.2) is 23.9 Å². The van der Waals surface area contributed by atoms with Crippen LogP contribution in [0.4, 0.5) is 0 Å². The van der Waals surface area contributed by atoms with Crippen molar-refractivity contribution in [1.29, 1.82) is 5.26 Å². The van der Waals surface area contributed by atoms with Crippen LogP contribution in [0.25, 0.3) is 0 Å². The molecule has 0 radical (unpaired) electrons. The normalized spacial score (nSPS) is 19.1. The van der Waals surface area contributed by atoms with Crippen molar-refractivity contribution in [1.82, 2.24) is 4.90 Å². The number of rotatable bonds is 4. The molecule has 1 fully saturated rings. The second-order valence-electron chi connectivity index (χ2n) is 5.06. The zero-order valence-electron chi connectivity index (χ0n) is 11.1. The molecule has 1 rings (SSSR count). The molecule has 0 bridgehead atoms. The van der Waals surface area contributed by atoms with Crippen LogP contribution in [0.1, 0.15) is 58.3 Å². The highest BCUT2D eigenvalue weighted by Gasteiger charge is 2.26. The second kappa shape index (κ2) is 7.32. The molecule has 0 N–H and O–H groups in total. The lowest BCUT2D eigenvalue weighted by Gasteiger charge is -2.28. The van der Waals surface area contributed by atoms with Crippen molar-refractivity contribution in [3.8, 4) is 6.07 Å². The minimum absolute atomic E-state index is 0.0289. The first-order chi connectivity index (χ1) is 8.20. The number of nitriles is 1. The summed E-state index contributed by atoms with van der Waals surface area (Å²) in [4.78, 5) is 14.0. The van der Waals surface area contributed by atoms with Crippen molar-refractivity contribution in [2.75, 3.05) is 7.05 Å². The Kier molecular flexibility index (Phi) is 6.04. The molecule has 0 spiro atoms. The monoisotopic (exact) mass is 236 g/mol. The fourth-order valence-corrected chi connectivity index (χ4v) is 2.60. The zero-order chi connectivity index (χ0) is 12.7. The molecule has 0 saturated heterocycles. The van der Waals surface area contributed by atoms with Gasteiger partial charge in [0, 0.05) is 13.1 Å². The van der Waals surface area contributed by atoms with Crippen LogP contribution >= 0.6 is 0 Å². The predicted molar refractivity (Wildman–Crippen MR) is 68.3 cm³/mol. The second-order valence-corrected chi connectivity index (χ2v) is 5.06. The van der Waals surface area contributed by atoms with E-state index in [1.54, 1.807) is 0 Å². The van der Waals surface area contributed by atoms with E-state index in [0.29, 0.717) is 12.5 Å². The van der Waals surface area contributed by atoms with Crippen LogP contribution in [0.3, 0.4) is 0 Å². The zero-order valence-corrected chi connectivity index (χ0v) is 11.1. The molecule has 17 heavy (non-hydrogen) atoms. The summed E-state index contributed by atoms with van der Waals surface area (Å²) in [5.41, 5.74) is 0. The van der Waals surface area contributed by atoms with E-state index in [4.69, 9.17) is 5.26 Å². The largest absolute Gasteiger partial charge is 0.342 e. The first-order valence-corrected chi connectivity index (χ1v) is 6.87. The summed E-state index contributed by atoms with van der Waals surface area (Å²) in [5.74, 6) is -0.408. The van der Waals surface area contributed by atoms with Crippen LogP contribution in [0, 0.1) is 17.2 Å². The Morgan fingerprint density at radius 2 is 1.94 bits per heavy atom. The lowest BCUT2D eigenvalue weighted by molar-refractivity contribution is -0.135. The molecule has 1 aliphatic rings.